The number of carbonyl (C=O) groups excluding carboxylic acids is 1. The highest BCUT2D eigenvalue weighted by Gasteiger charge is 2.13. The molecule has 0 unspecified atom stereocenters. The maximum absolute atomic E-state index is 12.4. The Morgan fingerprint density at radius 3 is 2.90 bits per heavy atom. The van der Waals surface area contributed by atoms with Crippen LogP contribution in [0, 0.1) is 0 Å². The molecule has 0 aliphatic heterocycles. The van der Waals surface area contributed by atoms with Gasteiger partial charge in [-0.05, 0) is 60.4 Å². The van der Waals surface area contributed by atoms with Crippen LogP contribution in [0.1, 0.15) is 22.2 Å². The van der Waals surface area contributed by atoms with E-state index in [0.717, 1.165) is 40.1 Å². The molecular weight excluding hydrogens is 429 g/mol. The van der Waals surface area contributed by atoms with Gasteiger partial charge in [0.2, 0.25) is 0 Å². The number of hydrogen-bond donors (Lipinski definition) is 1. The number of carbonyl (C=O) groups is 1. The summed E-state index contributed by atoms with van der Waals surface area (Å²) < 4.78 is 6.22. The Kier molecular flexibility index (Phi) is 5.62. The number of aromatic nitrogens is 3. The lowest BCUT2D eigenvalue weighted by molar-refractivity contribution is 0.0959. The van der Waals surface area contributed by atoms with Crippen LogP contribution >= 0.6 is 34.7 Å². The molecule has 0 saturated carbocycles. The van der Waals surface area contributed by atoms with Gasteiger partial charge < -0.3 is 0 Å². The topological polar surface area (TPSA) is 72.2 Å². The highest BCUT2D eigenvalue weighted by atomic mass is 35.5. The summed E-state index contributed by atoms with van der Waals surface area (Å²) in [5.41, 5.74) is 5.79. The van der Waals surface area contributed by atoms with E-state index in [1.165, 1.54) is 0 Å². The van der Waals surface area contributed by atoms with E-state index < -0.39 is 0 Å². The second-order valence-corrected chi connectivity index (χ2v) is 7.83. The van der Waals surface area contributed by atoms with Gasteiger partial charge in [-0.15, -0.1) is 0 Å². The highest BCUT2D eigenvalue weighted by molar-refractivity contribution is 7.08. The minimum Gasteiger partial charge on any atom is -0.266 e. The Morgan fingerprint density at radius 1 is 1.24 bits per heavy atom. The van der Waals surface area contributed by atoms with E-state index in [4.69, 9.17) is 23.2 Å². The summed E-state index contributed by atoms with van der Waals surface area (Å²) in [5.74, 6) is -0.338. The molecule has 0 fully saturated rings. The van der Waals surface area contributed by atoms with Gasteiger partial charge in [-0.1, -0.05) is 29.3 Å². The van der Waals surface area contributed by atoms with Gasteiger partial charge >= 0.3 is 0 Å². The molecule has 4 rings (SSSR count). The van der Waals surface area contributed by atoms with Crippen LogP contribution in [-0.2, 0) is 6.54 Å². The van der Waals surface area contributed by atoms with Gasteiger partial charge in [0.25, 0.3) is 5.91 Å². The van der Waals surface area contributed by atoms with Crippen molar-refractivity contribution in [3.8, 4) is 11.3 Å². The molecule has 1 N–H and O–H groups in total. The van der Waals surface area contributed by atoms with E-state index in [1.807, 2.05) is 36.0 Å². The smallest absolute Gasteiger partial charge is 0.266 e. The standard InChI is InChI=1S/C20H15Cl2N5OS/c1-2-27-18-6-3-12(7-13(18)11-24-27)10-23-25-20(28)19-9-17(26-29-19)15-5-4-14(21)8-16(15)22/h3-11H,2H2,1H3,(H,25,28)/b23-10+. The number of rotatable bonds is 5. The third kappa shape index (κ3) is 4.17. The summed E-state index contributed by atoms with van der Waals surface area (Å²) in [6, 6.07) is 12.7. The van der Waals surface area contributed by atoms with Gasteiger partial charge in [-0.2, -0.15) is 14.6 Å². The summed E-state index contributed by atoms with van der Waals surface area (Å²) in [5, 5.41) is 10.4. The first-order valence-corrected chi connectivity index (χ1v) is 10.3. The summed E-state index contributed by atoms with van der Waals surface area (Å²) in [4.78, 5) is 12.8. The van der Waals surface area contributed by atoms with Crippen molar-refractivity contribution in [1.82, 2.24) is 19.6 Å². The molecule has 0 spiro atoms. The zero-order valence-electron chi connectivity index (χ0n) is 15.3. The molecule has 0 radical (unpaired) electrons. The first-order chi connectivity index (χ1) is 14.0. The Balaban J connectivity index is 1.45. The Bertz CT molecular complexity index is 1230. The molecule has 0 aliphatic carbocycles. The number of halogens is 2. The van der Waals surface area contributed by atoms with Crippen molar-refractivity contribution >= 4 is 57.8 Å². The zero-order chi connectivity index (χ0) is 20.4. The summed E-state index contributed by atoms with van der Waals surface area (Å²) in [6.07, 6.45) is 3.41. The normalized spacial score (nSPS) is 11.4. The molecule has 1 amide bonds. The number of nitrogens with one attached hydrogen (secondary N) is 1. The molecule has 2 aromatic heterocycles. The van der Waals surface area contributed by atoms with Crippen LogP contribution in [0.5, 0.6) is 0 Å². The number of hydrogen-bond acceptors (Lipinski definition) is 5. The average molecular weight is 444 g/mol. The maximum atomic E-state index is 12.4. The number of amides is 1. The van der Waals surface area contributed by atoms with Gasteiger partial charge in [-0.25, -0.2) is 5.43 Å². The lowest BCUT2D eigenvalue weighted by Crippen LogP contribution is -2.16. The number of benzene rings is 2. The SMILES string of the molecule is CCn1ncc2cc(/C=N/NC(=O)c3cc(-c4ccc(Cl)cc4Cl)ns3)ccc21. The fourth-order valence-electron chi connectivity index (χ4n) is 2.86. The molecular formula is C20H15Cl2N5OS. The fourth-order valence-corrected chi connectivity index (χ4v) is 4.01. The van der Waals surface area contributed by atoms with Crippen molar-refractivity contribution in [3.63, 3.8) is 0 Å². The van der Waals surface area contributed by atoms with Crippen LogP contribution in [-0.4, -0.2) is 26.3 Å². The van der Waals surface area contributed by atoms with Gasteiger partial charge in [0.05, 0.1) is 28.6 Å². The highest BCUT2D eigenvalue weighted by Crippen LogP contribution is 2.31. The van der Waals surface area contributed by atoms with Gasteiger partial charge in [0.1, 0.15) is 4.88 Å². The van der Waals surface area contributed by atoms with Gasteiger partial charge in [0.15, 0.2) is 0 Å². The Morgan fingerprint density at radius 2 is 2.10 bits per heavy atom. The molecule has 4 aromatic rings. The van der Waals surface area contributed by atoms with Crippen molar-refractivity contribution in [2.75, 3.05) is 0 Å². The molecule has 2 heterocycles. The molecule has 0 aliphatic rings. The summed E-state index contributed by atoms with van der Waals surface area (Å²) >= 11 is 13.2. The van der Waals surface area contributed by atoms with Crippen molar-refractivity contribution in [2.24, 2.45) is 5.10 Å². The number of fused-ring (bicyclic) bond motifs is 1. The predicted octanol–water partition coefficient (Wildman–Crippen LogP) is 5.25. The van der Waals surface area contributed by atoms with E-state index in [2.05, 4.69) is 20.0 Å². The van der Waals surface area contributed by atoms with Crippen LogP contribution in [0.3, 0.4) is 0 Å². The van der Waals surface area contributed by atoms with Crippen LogP contribution < -0.4 is 5.43 Å². The van der Waals surface area contributed by atoms with E-state index in [0.29, 0.717) is 20.6 Å². The molecule has 9 heteroatoms. The molecule has 0 atom stereocenters. The average Bonchev–Trinajstić information content (AvgIpc) is 3.34. The quantitative estimate of drug-likeness (QED) is 0.338. The van der Waals surface area contributed by atoms with Crippen LogP contribution in [0.2, 0.25) is 10.0 Å². The first kappa shape index (κ1) is 19.6. The molecule has 2 aromatic carbocycles. The van der Waals surface area contributed by atoms with E-state index >= 15 is 0 Å². The number of nitrogens with zero attached hydrogens (tertiary/aromatic N) is 4. The number of hydrazone groups is 1. The predicted molar refractivity (Wildman–Crippen MR) is 118 cm³/mol. The third-order valence-corrected chi connectivity index (χ3v) is 5.62. The van der Waals surface area contributed by atoms with E-state index in [9.17, 15) is 4.79 Å². The second kappa shape index (κ2) is 8.32. The Hall–Kier alpha value is -2.74. The van der Waals surface area contributed by atoms with Crippen LogP contribution in [0.15, 0.2) is 53.8 Å². The maximum Gasteiger partial charge on any atom is 0.283 e. The van der Waals surface area contributed by atoms with Crippen molar-refractivity contribution < 1.29 is 4.79 Å². The van der Waals surface area contributed by atoms with Crippen LogP contribution in [0.25, 0.3) is 22.2 Å². The van der Waals surface area contributed by atoms with Crippen molar-refractivity contribution in [3.05, 3.63) is 69.1 Å². The fraction of sp³-hybridized carbons (Fsp3) is 0.100. The molecule has 146 valence electrons. The van der Waals surface area contributed by atoms with E-state index in [-0.39, 0.29) is 5.91 Å². The summed E-state index contributed by atoms with van der Waals surface area (Å²) in [6.45, 7) is 2.86. The monoisotopic (exact) mass is 443 g/mol. The number of aryl methyl sites for hydroxylation is 1. The minimum absolute atomic E-state index is 0.338. The Labute approximate surface area is 180 Å². The molecule has 0 bridgehead atoms. The third-order valence-electron chi connectivity index (χ3n) is 4.29. The van der Waals surface area contributed by atoms with Gasteiger partial charge in [-0.3, -0.25) is 9.48 Å². The first-order valence-electron chi connectivity index (χ1n) is 8.76. The largest absolute Gasteiger partial charge is 0.283 e. The minimum atomic E-state index is -0.338. The van der Waals surface area contributed by atoms with Crippen LogP contribution in [0.4, 0.5) is 0 Å². The lowest BCUT2D eigenvalue weighted by Gasteiger charge is -2.00. The summed E-state index contributed by atoms with van der Waals surface area (Å²) in [7, 11) is 0. The van der Waals surface area contributed by atoms with Crippen molar-refractivity contribution in [2.45, 2.75) is 13.5 Å². The molecule has 0 saturated heterocycles. The molecule has 6 nitrogen and oxygen atoms in total. The van der Waals surface area contributed by atoms with Crippen molar-refractivity contribution in [1.29, 1.82) is 0 Å². The van der Waals surface area contributed by atoms with E-state index in [1.54, 1.807) is 30.5 Å². The molecule has 29 heavy (non-hydrogen) atoms. The lowest BCUT2D eigenvalue weighted by atomic mass is 10.1. The second-order valence-electron chi connectivity index (χ2n) is 6.18. The van der Waals surface area contributed by atoms with Gasteiger partial charge in [0, 0.05) is 22.5 Å². The zero-order valence-corrected chi connectivity index (χ0v) is 17.6.